The summed E-state index contributed by atoms with van der Waals surface area (Å²) < 4.78 is 35.0. The van der Waals surface area contributed by atoms with Crippen LogP contribution in [0.3, 0.4) is 0 Å². The van der Waals surface area contributed by atoms with E-state index < -0.39 is 12.8 Å². The van der Waals surface area contributed by atoms with Gasteiger partial charge in [-0.25, -0.2) is 5.48 Å². The number of hydrogen-bond acceptors (Lipinski definition) is 2. The van der Waals surface area contributed by atoms with Crippen LogP contribution in [0.15, 0.2) is 30.3 Å². The predicted octanol–water partition coefficient (Wildman–Crippen LogP) is 2.70. The molecule has 0 amide bonds. The number of halogens is 3. The summed E-state index contributed by atoms with van der Waals surface area (Å²) >= 11 is 0. The van der Waals surface area contributed by atoms with Crippen molar-refractivity contribution in [1.82, 2.24) is 5.48 Å². The average molecular weight is 233 g/mol. The Labute approximate surface area is 92.4 Å². The molecule has 1 N–H and O–H groups in total. The highest BCUT2D eigenvalue weighted by Crippen LogP contribution is 2.13. The van der Waals surface area contributed by atoms with Gasteiger partial charge in [0.05, 0.1) is 0 Å². The summed E-state index contributed by atoms with van der Waals surface area (Å²) in [6.07, 6.45) is -2.71. The number of aryl methyl sites for hydroxylation is 1. The van der Waals surface area contributed by atoms with Crippen LogP contribution in [0.1, 0.15) is 12.0 Å². The molecule has 0 atom stereocenters. The third-order valence-electron chi connectivity index (χ3n) is 1.93. The molecule has 0 fully saturated rings. The van der Waals surface area contributed by atoms with Crippen molar-refractivity contribution in [2.75, 3.05) is 13.2 Å². The van der Waals surface area contributed by atoms with E-state index in [-0.39, 0.29) is 0 Å². The summed E-state index contributed by atoms with van der Waals surface area (Å²) in [5.74, 6) is 0. The molecule has 1 rings (SSSR count). The maximum atomic E-state index is 11.7. The Balaban J connectivity index is 2.01. The number of hydroxylamine groups is 1. The fourth-order valence-corrected chi connectivity index (χ4v) is 1.21. The van der Waals surface area contributed by atoms with E-state index in [4.69, 9.17) is 0 Å². The Morgan fingerprint density at radius 2 is 1.81 bits per heavy atom. The predicted molar refractivity (Wildman–Crippen MR) is 54.8 cm³/mol. The highest BCUT2D eigenvalue weighted by molar-refractivity contribution is 5.14. The van der Waals surface area contributed by atoms with E-state index in [1.54, 1.807) is 0 Å². The fraction of sp³-hybridized carbons (Fsp3) is 0.455. The number of rotatable bonds is 6. The van der Waals surface area contributed by atoms with Crippen LogP contribution in [0.4, 0.5) is 13.2 Å². The van der Waals surface area contributed by atoms with Crippen molar-refractivity contribution in [3.63, 3.8) is 0 Å². The first kappa shape index (κ1) is 13.0. The van der Waals surface area contributed by atoms with Crippen LogP contribution in [0, 0.1) is 0 Å². The summed E-state index contributed by atoms with van der Waals surface area (Å²) in [6, 6.07) is 9.76. The second-order valence-corrected chi connectivity index (χ2v) is 3.39. The van der Waals surface area contributed by atoms with E-state index in [1.807, 2.05) is 30.3 Å². The molecule has 0 aromatic heterocycles. The monoisotopic (exact) mass is 233 g/mol. The van der Waals surface area contributed by atoms with Crippen LogP contribution >= 0.6 is 0 Å². The molecule has 0 bridgehead atoms. The zero-order valence-electron chi connectivity index (χ0n) is 8.76. The second kappa shape index (κ2) is 6.50. The van der Waals surface area contributed by atoms with Crippen molar-refractivity contribution in [1.29, 1.82) is 0 Å². The Kier molecular flexibility index (Phi) is 5.28. The van der Waals surface area contributed by atoms with Gasteiger partial charge in [0, 0.05) is 6.54 Å². The lowest BCUT2D eigenvalue weighted by Crippen LogP contribution is -2.25. The number of alkyl halides is 3. The first-order valence-corrected chi connectivity index (χ1v) is 5.03. The molecule has 0 aliphatic carbocycles. The SMILES string of the molecule is FC(F)(F)CONCCCc1ccccc1. The van der Waals surface area contributed by atoms with E-state index in [0.29, 0.717) is 6.54 Å². The van der Waals surface area contributed by atoms with Gasteiger partial charge in [-0.2, -0.15) is 13.2 Å². The number of hydrogen-bond donors (Lipinski definition) is 1. The van der Waals surface area contributed by atoms with Gasteiger partial charge >= 0.3 is 6.18 Å². The van der Waals surface area contributed by atoms with Gasteiger partial charge in [0.2, 0.25) is 0 Å². The van der Waals surface area contributed by atoms with Crippen molar-refractivity contribution in [2.24, 2.45) is 0 Å². The molecule has 2 nitrogen and oxygen atoms in total. The third-order valence-corrected chi connectivity index (χ3v) is 1.93. The van der Waals surface area contributed by atoms with Gasteiger partial charge in [0.1, 0.15) is 0 Å². The fourth-order valence-electron chi connectivity index (χ4n) is 1.21. The highest BCUT2D eigenvalue weighted by Gasteiger charge is 2.27. The molecule has 0 radical (unpaired) electrons. The summed E-state index contributed by atoms with van der Waals surface area (Å²) in [4.78, 5) is 4.26. The summed E-state index contributed by atoms with van der Waals surface area (Å²) in [5, 5.41) is 0. The Morgan fingerprint density at radius 3 is 2.44 bits per heavy atom. The van der Waals surface area contributed by atoms with Gasteiger partial charge < -0.3 is 0 Å². The number of nitrogens with one attached hydrogen (secondary N) is 1. The largest absolute Gasteiger partial charge is 0.413 e. The molecular formula is C11H14F3NO. The summed E-state index contributed by atoms with van der Waals surface area (Å²) in [7, 11) is 0. The molecule has 1 aromatic rings. The van der Waals surface area contributed by atoms with Gasteiger partial charge in [-0.15, -0.1) is 0 Å². The summed E-state index contributed by atoms with van der Waals surface area (Å²) in [6.45, 7) is -0.844. The maximum Gasteiger partial charge on any atom is 0.413 e. The van der Waals surface area contributed by atoms with Crippen molar-refractivity contribution in [2.45, 2.75) is 19.0 Å². The minimum atomic E-state index is -4.27. The molecule has 16 heavy (non-hydrogen) atoms. The van der Waals surface area contributed by atoms with Crippen LogP contribution in [0.2, 0.25) is 0 Å². The van der Waals surface area contributed by atoms with Gasteiger partial charge in [-0.05, 0) is 18.4 Å². The molecule has 0 saturated heterocycles. The quantitative estimate of drug-likeness (QED) is 0.602. The van der Waals surface area contributed by atoms with Gasteiger partial charge in [0.25, 0.3) is 0 Å². The molecule has 0 saturated carbocycles. The highest BCUT2D eigenvalue weighted by atomic mass is 19.4. The van der Waals surface area contributed by atoms with E-state index in [1.165, 1.54) is 5.56 Å². The minimum absolute atomic E-state index is 0.408. The van der Waals surface area contributed by atoms with Crippen LogP contribution in [-0.2, 0) is 11.3 Å². The lowest BCUT2D eigenvalue weighted by molar-refractivity contribution is -0.189. The first-order valence-electron chi connectivity index (χ1n) is 5.03. The van der Waals surface area contributed by atoms with Crippen molar-refractivity contribution >= 4 is 0 Å². The molecule has 90 valence electrons. The summed E-state index contributed by atoms with van der Waals surface area (Å²) in [5.41, 5.74) is 3.46. The lowest BCUT2D eigenvalue weighted by atomic mass is 10.1. The maximum absolute atomic E-state index is 11.7. The molecule has 1 aromatic carbocycles. The van der Waals surface area contributed by atoms with Crippen molar-refractivity contribution in [3.05, 3.63) is 35.9 Å². The molecule has 0 aliphatic heterocycles. The zero-order valence-corrected chi connectivity index (χ0v) is 8.76. The van der Waals surface area contributed by atoms with Gasteiger partial charge in [0.15, 0.2) is 6.61 Å². The normalized spacial score (nSPS) is 11.7. The minimum Gasteiger partial charge on any atom is -0.292 e. The van der Waals surface area contributed by atoms with Crippen molar-refractivity contribution in [3.8, 4) is 0 Å². The molecule has 0 aliphatic rings. The van der Waals surface area contributed by atoms with E-state index in [0.717, 1.165) is 12.8 Å². The Hall–Kier alpha value is -1.07. The van der Waals surface area contributed by atoms with Crippen LogP contribution < -0.4 is 5.48 Å². The smallest absolute Gasteiger partial charge is 0.292 e. The molecule has 5 heteroatoms. The van der Waals surface area contributed by atoms with Crippen LogP contribution in [0.5, 0.6) is 0 Å². The Morgan fingerprint density at radius 1 is 1.12 bits per heavy atom. The standard InChI is InChI=1S/C11H14F3NO/c12-11(13,14)9-16-15-8-4-7-10-5-2-1-3-6-10/h1-3,5-6,15H,4,7-9H2. The van der Waals surface area contributed by atoms with Crippen LogP contribution in [-0.4, -0.2) is 19.3 Å². The van der Waals surface area contributed by atoms with E-state index in [2.05, 4.69) is 10.3 Å². The average Bonchev–Trinajstić information content (AvgIpc) is 2.23. The van der Waals surface area contributed by atoms with Crippen LogP contribution in [0.25, 0.3) is 0 Å². The van der Waals surface area contributed by atoms with E-state index in [9.17, 15) is 13.2 Å². The molecule has 0 unspecified atom stereocenters. The number of benzene rings is 1. The lowest BCUT2D eigenvalue weighted by Gasteiger charge is -2.08. The third kappa shape index (κ3) is 6.42. The molecule has 0 heterocycles. The van der Waals surface area contributed by atoms with E-state index >= 15 is 0 Å². The zero-order chi connectivity index (χ0) is 11.9. The van der Waals surface area contributed by atoms with Gasteiger partial charge in [-0.1, -0.05) is 30.3 Å². The second-order valence-electron chi connectivity index (χ2n) is 3.39. The van der Waals surface area contributed by atoms with Gasteiger partial charge in [-0.3, -0.25) is 4.84 Å². The first-order chi connectivity index (χ1) is 7.58. The van der Waals surface area contributed by atoms with Crippen molar-refractivity contribution < 1.29 is 18.0 Å². The Bertz CT molecular complexity index is 287. The molecule has 0 spiro atoms. The topological polar surface area (TPSA) is 21.3 Å². The molecular weight excluding hydrogens is 219 g/mol.